The normalized spacial score (nSPS) is 18.2. The van der Waals surface area contributed by atoms with Crippen LogP contribution in [0.5, 0.6) is 0 Å². The Bertz CT molecular complexity index is 438. The van der Waals surface area contributed by atoms with Gasteiger partial charge in [-0.2, -0.15) is 4.72 Å². The SMILES string of the molecule is COC(=O)CCCS(=O)(=O)NC1(C(=O)O)CCCC1. The summed E-state index contributed by atoms with van der Waals surface area (Å²) in [4.78, 5) is 22.1. The molecule has 0 amide bonds. The maximum atomic E-state index is 11.8. The van der Waals surface area contributed by atoms with E-state index in [1.165, 1.54) is 7.11 Å². The number of methoxy groups -OCH3 is 1. The molecule has 1 aliphatic rings. The number of rotatable bonds is 7. The van der Waals surface area contributed by atoms with Crippen molar-refractivity contribution in [1.29, 1.82) is 0 Å². The number of aliphatic carboxylic acids is 1. The van der Waals surface area contributed by atoms with Gasteiger partial charge in [-0.1, -0.05) is 12.8 Å². The molecule has 0 unspecified atom stereocenters. The van der Waals surface area contributed by atoms with E-state index in [1.54, 1.807) is 0 Å². The van der Waals surface area contributed by atoms with Crippen molar-refractivity contribution in [1.82, 2.24) is 4.72 Å². The lowest BCUT2D eigenvalue weighted by atomic mass is 10.0. The maximum absolute atomic E-state index is 11.8. The Balaban J connectivity index is 2.58. The lowest BCUT2D eigenvalue weighted by Crippen LogP contribution is -2.53. The lowest BCUT2D eigenvalue weighted by Gasteiger charge is -2.24. The number of carbonyl (C=O) groups excluding carboxylic acids is 1. The smallest absolute Gasteiger partial charge is 0.324 e. The third-order valence-corrected chi connectivity index (χ3v) is 4.77. The zero-order chi connectivity index (χ0) is 14.5. The summed E-state index contributed by atoms with van der Waals surface area (Å²) in [6.45, 7) is 0. The van der Waals surface area contributed by atoms with Gasteiger partial charge in [0.05, 0.1) is 12.9 Å². The third kappa shape index (κ3) is 4.46. The molecule has 0 bridgehead atoms. The summed E-state index contributed by atoms with van der Waals surface area (Å²) in [5.41, 5.74) is -1.37. The molecule has 1 fully saturated rings. The van der Waals surface area contributed by atoms with Crippen molar-refractivity contribution in [3.05, 3.63) is 0 Å². The Kier molecular flexibility index (Phi) is 5.30. The summed E-state index contributed by atoms with van der Waals surface area (Å²) < 4.78 is 30.4. The van der Waals surface area contributed by atoms with Crippen molar-refractivity contribution in [3.63, 3.8) is 0 Å². The van der Waals surface area contributed by atoms with E-state index in [9.17, 15) is 23.1 Å². The predicted molar refractivity (Wildman–Crippen MR) is 67.0 cm³/mol. The molecule has 0 atom stereocenters. The van der Waals surface area contributed by atoms with Gasteiger partial charge in [-0.05, 0) is 19.3 Å². The highest BCUT2D eigenvalue weighted by Crippen LogP contribution is 2.30. The Morgan fingerprint density at radius 2 is 1.89 bits per heavy atom. The van der Waals surface area contributed by atoms with Crippen LogP contribution in [0.2, 0.25) is 0 Å². The predicted octanol–water partition coefficient (Wildman–Crippen LogP) is 0.256. The molecule has 110 valence electrons. The standard InChI is InChI=1S/C11H19NO6S/c1-18-9(13)5-4-8-19(16,17)12-11(10(14)15)6-2-3-7-11/h12H,2-8H2,1H3,(H,14,15). The van der Waals surface area contributed by atoms with Gasteiger partial charge in [-0.15, -0.1) is 0 Å². The van der Waals surface area contributed by atoms with Gasteiger partial charge in [0.15, 0.2) is 0 Å². The second-order valence-corrected chi connectivity index (χ2v) is 6.54. The van der Waals surface area contributed by atoms with Crippen LogP contribution < -0.4 is 4.72 Å². The van der Waals surface area contributed by atoms with E-state index < -0.39 is 27.5 Å². The minimum atomic E-state index is -3.71. The second-order valence-electron chi connectivity index (χ2n) is 4.69. The van der Waals surface area contributed by atoms with Crippen molar-refractivity contribution < 1.29 is 27.9 Å². The first-order valence-electron chi connectivity index (χ1n) is 6.13. The van der Waals surface area contributed by atoms with E-state index in [4.69, 9.17) is 0 Å². The van der Waals surface area contributed by atoms with Crippen LogP contribution in [-0.2, 0) is 24.3 Å². The van der Waals surface area contributed by atoms with E-state index >= 15 is 0 Å². The fourth-order valence-corrected chi connectivity index (χ4v) is 3.71. The molecule has 0 spiro atoms. The van der Waals surface area contributed by atoms with Gasteiger partial charge in [-0.3, -0.25) is 9.59 Å². The quantitative estimate of drug-likeness (QED) is 0.651. The molecule has 0 heterocycles. The molecule has 0 aromatic heterocycles. The largest absolute Gasteiger partial charge is 0.480 e. The van der Waals surface area contributed by atoms with Crippen LogP contribution in [0.25, 0.3) is 0 Å². The molecule has 8 heteroatoms. The Morgan fingerprint density at radius 3 is 2.37 bits per heavy atom. The second kappa shape index (κ2) is 6.33. The number of hydrogen-bond acceptors (Lipinski definition) is 5. The van der Waals surface area contributed by atoms with Crippen LogP contribution in [0.1, 0.15) is 38.5 Å². The van der Waals surface area contributed by atoms with Gasteiger partial charge in [-0.25, -0.2) is 8.42 Å². The molecule has 2 N–H and O–H groups in total. The fourth-order valence-electron chi connectivity index (χ4n) is 2.20. The van der Waals surface area contributed by atoms with Crippen LogP contribution >= 0.6 is 0 Å². The summed E-state index contributed by atoms with van der Waals surface area (Å²) >= 11 is 0. The number of carbonyl (C=O) groups is 2. The fraction of sp³-hybridized carbons (Fsp3) is 0.818. The molecule has 0 aromatic carbocycles. The van der Waals surface area contributed by atoms with Crippen molar-refractivity contribution >= 4 is 22.0 Å². The molecule has 0 aliphatic heterocycles. The van der Waals surface area contributed by atoms with Crippen LogP contribution in [0.3, 0.4) is 0 Å². The third-order valence-electron chi connectivity index (χ3n) is 3.24. The molecule has 1 aliphatic carbocycles. The average molecular weight is 293 g/mol. The number of ether oxygens (including phenoxy) is 1. The molecule has 0 radical (unpaired) electrons. The number of esters is 1. The lowest BCUT2D eigenvalue weighted by molar-refractivity contribution is -0.144. The minimum Gasteiger partial charge on any atom is -0.480 e. The zero-order valence-corrected chi connectivity index (χ0v) is 11.7. The zero-order valence-electron chi connectivity index (χ0n) is 10.8. The summed E-state index contributed by atoms with van der Waals surface area (Å²) in [7, 11) is -2.48. The Morgan fingerprint density at radius 1 is 1.32 bits per heavy atom. The Hall–Kier alpha value is -1.15. The van der Waals surface area contributed by atoms with Crippen LogP contribution in [0.4, 0.5) is 0 Å². The topological polar surface area (TPSA) is 110 Å². The number of carboxylic acid groups (broad SMARTS) is 1. The molecule has 7 nitrogen and oxygen atoms in total. The van der Waals surface area contributed by atoms with Crippen LogP contribution in [-0.4, -0.2) is 43.9 Å². The van der Waals surface area contributed by atoms with Gasteiger partial charge in [0, 0.05) is 6.42 Å². The summed E-state index contributed by atoms with van der Waals surface area (Å²) in [5, 5.41) is 9.18. The first-order chi connectivity index (χ1) is 8.81. The minimum absolute atomic E-state index is 0.00250. The van der Waals surface area contributed by atoms with Crippen LogP contribution in [0, 0.1) is 0 Å². The molecule has 19 heavy (non-hydrogen) atoms. The van der Waals surface area contributed by atoms with Crippen LogP contribution in [0.15, 0.2) is 0 Å². The van der Waals surface area contributed by atoms with E-state index in [2.05, 4.69) is 9.46 Å². The molecule has 0 aromatic rings. The van der Waals surface area contributed by atoms with Crippen molar-refractivity contribution in [3.8, 4) is 0 Å². The van der Waals surface area contributed by atoms with E-state index in [-0.39, 0.29) is 18.6 Å². The molecule has 0 saturated heterocycles. The number of carboxylic acids is 1. The highest BCUT2D eigenvalue weighted by atomic mass is 32.2. The van der Waals surface area contributed by atoms with Gasteiger partial charge < -0.3 is 9.84 Å². The average Bonchev–Trinajstić information content (AvgIpc) is 2.77. The summed E-state index contributed by atoms with van der Waals surface area (Å²) in [6, 6.07) is 0. The number of hydrogen-bond donors (Lipinski definition) is 2. The molecular weight excluding hydrogens is 274 g/mol. The first kappa shape index (κ1) is 15.9. The molecule has 1 saturated carbocycles. The molecular formula is C11H19NO6S. The van der Waals surface area contributed by atoms with E-state index in [1.807, 2.05) is 0 Å². The monoisotopic (exact) mass is 293 g/mol. The van der Waals surface area contributed by atoms with Gasteiger partial charge in [0.2, 0.25) is 10.0 Å². The maximum Gasteiger partial charge on any atom is 0.324 e. The van der Waals surface area contributed by atoms with Crippen molar-refractivity contribution in [2.45, 2.75) is 44.1 Å². The highest BCUT2D eigenvalue weighted by Gasteiger charge is 2.44. The first-order valence-corrected chi connectivity index (χ1v) is 7.78. The Labute approximate surface area is 112 Å². The summed E-state index contributed by atoms with van der Waals surface area (Å²) in [5.74, 6) is -1.90. The van der Waals surface area contributed by atoms with Crippen molar-refractivity contribution in [2.24, 2.45) is 0 Å². The van der Waals surface area contributed by atoms with Gasteiger partial charge in [0.1, 0.15) is 5.54 Å². The number of nitrogens with one attached hydrogen (secondary N) is 1. The number of sulfonamides is 1. The highest BCUT2D eigenvalue weighted by molar-refractivity contribution is 7.89. The summed E-state index contributed by atoms with van der Waals surface area (Å²) in [6.07, 6.45) is 2.10. The van der Waals surface area contributed by atoms with E-state index in [0.29, 0.717) is 25.7 Å². The van der Waals surface area contributed by atoms with Crippen molar-refractivity contribution in [2.75, 3.05) is 12.9 Å². The van der Waals surface area contributed by atoms with Gasteiger partial charge in [0.25, 0.3) is 0 Å². The van der Waals surface area contributed by atoms with E-state index in [0.717, 1.165) is 0 Å². The molecule has 1 rings (SSSR count). The van der Waals surface area contributed by atoms with Gasteiger partial charge >= 0.3 is 11.9 Å².